The molecule has 3 aliphatic heterocycles. The lowest BCUT2D eigenvalue weighted by Crippen LogP contribution is -2.47. The zero-order chi connectivity index (χ0) is 71.8. The van der Waals surface area contributed by atoms with Crippen LogP contribution in [-0.2, 0) is 129 Å². The molecule has 4 aromatic rings. The highest BCUT2D eigenvalue weighted by Gasteiger charge is 2.50. The Balaban J connectivity index is 0.000000326. The molecule has 1 aromatic carbocycles. The summed E-state index contributed by atoms with van der Waals surface area (Å²) in [6, 6.07) is 6.68. The molecule has 8 rings (SSSR count). The molecule has 2 fully saturated rings. The van der Waals surface area contributed by atoms with Gasteiger partial charge in [0, 0.05) is 60.0 Å². The van der Waals surface area contributed by atoms with Crippen LogP contribution in [0.5, 0.6) is 5.75 Å². The molecule has 4 aliphatic rings. The van der Waals surface area contributed by atoms with E-state index in [0.717, 1.165) is 54.3 Å². The van der Waals surface area contributed by atoms with E-state index in [9.17, 15) is 48.3 Å². The summed E-state index contributed by atoms with van der Waals surface area (Å²) in [6.07, 6.45) is 6.56. The summed E-state index contributed by atoms with van der Waals surface area (Å²) in [5.74, 6) is -2.18. The number of likely N-dealkylation sites (tertiary alicyclic amines) is 1. The Labute approximate surface area is 582 Å². The van der Waals surface area contributed by atoms with Crippen molar-refractivity contribution in [1.29, 1.82) is 0 Å². The maximum atomic E-state index is 13.7. The normalized spacial score (nSPS) is 17.9. The van der Waals surface area contributed by atoms with Gasteiger partial charge in [-0.25, -0.2) is 14.5 Å². The van der Waals surface area contributed by atoms with Gasteiger partial charge in [-0.2, -0.15) is 0 Å². The molecular weight excluding hydrogens is 1300 g/mol. The maximum absolute atomic E-state index is 13.7. The number of Topliss-reactive ketones (excluding diaryl/α,β-unsaturated/α-hetero) is 2. The highest BCUT2D eigenvalue weighted by molar-refractivity contribution is 6.03. The lowest BCUT2D eigenvalue weighted by molar-refractivity contribution is -0.189. The van der Waals surface area contributed by atoms with E-state index in [4.69, 9.17) is 57.1 Å². The van der Waals surface area contributed by atoms with Crippen molar-refractivity contribution in [3.05, 3.63) is 68.8 Å². The van der Waals surface area contributed by atoms with E-state index in [1.54, 1.807) is 53.6 Å². The average Bonchev–Trinajstić information content (AvgIpc) is 1.47. The predicted molar refractivity (Wildman–Crippen MR) is 361 cm³/mol. The van der Waals surface area contributed by atoms with Gasteiger partial charge in [0.05, 0.1) is 167 Å². The van der Waals surface area contributed by atoms with E-state index in [1.165, 1.54) is 11.8 Å². The van der Waals surface area contributed by atoms with E-state index < -0.39 is 17.5 Å². The molecule has 3 N–H and O–H groups in total. The van der Waals surface area contributed by atoms with Crippen molar-refractivity contribution in [2.45, 2.75) is 138 Å². The summed E-state index contributed by atoms with van der Waals surface area (Å²) in [5, 5.41) is 24.7. The van der Waals surface area contributed by atoms with Crippen LogP contribution in [0, 0.1) is 17.8 Å². The lowest BCUT2D eigenvalue weighted by atomic mass is 9.81. The van der Waals surface area contributed by atoms with Crippen LogP contribution in [0.25, 0.3) is 22.3 Å². The third-order valence-electron chi connectivity index (χ3n) is 17.4. The number of carbonyl (C=O) groups is 8. The van der Waals surface area contributed by atoms with Gasteiger partial charge < -0.3 is 77.2 Å². The van der Waals surface area contributed by atoms with Crippen molar-refractivity contribution in [2.24, 2.45) is 22.7 Å². The molecule has 1 aliphatic carbocycles. The summed E-state index contributed by atoms with van der Waals surface area (Å²) < 4.78 is 63.5. The van der Waals surface area contributed by atoms with Crippen LogP contribution in [0.1, 0.15) is 127 Å². The van der Waals surface area contributed by atoms with Gasteiger partial charge in [0.15, 0.2) is 5.78 Å². The molecule has 100 heavy (non-hydrogen) atoms. The third-order valence-corrected chi connectivity index (χ3v) is 17.4. The van der Waals surface area contributed by atoms with Crippen LogP contribution in [-0.4, -0.2) is 226 Å². The average molecular weight is 1400 g/mol. The minimum Gasteiger partial charge on any atom is -0.508 e. The molecule has 2 atom stereocenters. The van der Waals surface area contributed by atoms with E-state index in [0.29, 0.717) is 179 Å². The number of ether oxygens (including phenoxy) is 11. The molecule has 0 bridgehead atoms. The quantitative estimate of drug-likeness (QED) is 0.0214. The number of hydrogen-bond acceptors (Lipinski definition) is 25. The van der Waals surface area contributed by atoms with Crippen LogP contribution < -0.4 is 16.2 Å². The van der Waals surface area contributed by atoms with Gasteiger partial charge in [0.25, 0.3) is 5.56 Å². The minimum atomic E-state index is -1.78. The number of imide groups is 1. The molecule has 30 nitrogen and oxygen atoms in total. The first-order valence-electron chi connectivity index (χ1n) is 34.6. The Morgan fingerprint density at radius 2 is 1.36 bits per heavy atom. The number of phenolic OH excluding ortho intramolecular Hbond substituents is 1. The van der Waals surface area contributed by atoms with Gasteiger partial charge in [0.2, 0.25) is 29.2 Å². The zero-order valence-corrected chi connectivity index (χ0v) is 58.6. The van der Waals surface area contributed by atoms with Gasteiger partial charge in [-0.15, -0.1) is 5.10 Å². The Morgan fingerprint density at radius 3 is 1.94 bits per heavy atom. The maximum Gasteiger partial charge on any atom is 0.355 e. The number of rotatable bonds is 45. The molecule has 1 saturated heterocycles. The largest absolute Gasteiger partial charge is 0.508 e. The monoisotopic (exact) mass is 1400 g/mol. The summed E-state index contributed by atoms with van der Waals surface area (Å²) in [4.78, 5) is 122. The fraction of sp³-hybridized carbons (Fsp3) is 0.643. The van der Waals surface area contributed by atoms with E-state index in [2.05, 4.69) is 25.9 Å². The van der Waals surface area contributed by atoms with Gasteiger partial charge >= 0.3 is 11.9 Å². The van der Waals surface area contributed by atoms with E-state index in [-0.39, 0.29) is 115 Å². The zero-order valence-electron chi connectivity index (χ0n) is 58.6. The summed E-state index contributed by atoms with van der Waals surface area (Å²) >= 11 is 0. The Kier molecular flexibility index (Phi) is 33.2. The number of aryl methyl sites for hydroxylation is 1. The standard InChI is InChI=1S/C43H73N7O14.C27H26N2O7/c1-4-35(3)45-29-39(51)32-64-33-40(52)44-9-11-56-13-15-58-17-19-60-21-23-62-25-26-63-24-22-61-20-18-59-16-14-57-12-10-49-31-38(47-48-49)28-46-42(54)37-7-5-36(6-8-37)30-50-41(53)27-34(2)43(50)55;1-4-16-17-10-15(31)7-8-21(17)28-24-18(16)12-29-22(24)11-20-19(25(29)33)13-35-26(34)27(20,5-2)36-23(32)9-6-14(3)30/h31,34,36-37H,4-30,32-33H2,1-3H3,(H,44,52)(H,46,54);7-8,10-11,31H,4-6,9,12-13H2,1-3H3/t;27-/m.0/s1. The van der Waals surface area contributed by atoms with Crippen molar-refractivity contribution >= 4 is 63.7 Å². The van der Waals surface area contributed by atoms with Crippen LogP contribution >= 0.6 is 0 Å². The molecular formula is C70H99N9O21. The van der Waals surface area contributed by atoms with Crippen LogP contribution in [0.4, 0.5) is 0 Å². The van der Waals surface area contributed by atoms with Crippen molar-refractivity contribution in [2.75, 3.05) is 139 Å². The molecule has 3 aromatic heterocycles. The second kappa shape index (κ2) is 41.8. The number of aromatic hydroxyl groups is 1. The Bertz CT molecular complexity index is 3480. The summed E-state index contributed by atoms with van der Waals surface area (Å²) in [7, 11) is 0. The molecule has 0 radical (unpaired) electrons. The number of nitrogens with one attached hydrogen (secondary N) is 2. The van der Waals surface area contributed by atoms with Crippen molar-refractivity contribution in [1.82, 2.24) is 40.1 Å². The fourth-order valence-corrected chi connectivity index (χ4v) is 11.7. The Morgan fingerprint density at radius 1 is 0.740 bits per heavy atom. The number of cyclic esters (lactones) is 1. The smallest absolute Gasteiger partial charge is 0.355 e. The minimum absolute atomic E-state index is 0.00286. The van der Waals surface area contributed by atoms with Crippen LogP contribution in [0.15, 0.2) is 40.2 Å². The number of nitrogens with zero attached hydrogens (tertiary/aromatic N) is 7. The molecule has 0 spiro atoms. The summed E-state index contributed by atoms with van der Waals surface area (Å²) in [6.45, 7) is 19.1. The molecule has 4 amide bonds. The molecule has 30 heteroatoms. The van der Waals surface area contributed by atoms with Gasteiger partial charge in [-0.3, -0.25) is 43.5 Å². The van der Waals surface area contributed by atoms with Crippen LogP contribution in [0.2, 0.25) is 0 Å². The number of carbonyl (C=O) groups excluding carboxylic acids is 8. The number of phenols is 1. The molecule has 550 valence electrons. The van der Waals surface area contributed by atoms with Crippen molar-refractivity contribution in [3.63, 3.8) is 0 Å². The van der Waals surface area contributed by atoms with Crippen molar-refractivity contribution in [3.8, 4) is 17.1 Å². The number of ketones is 2. The number of esters is 2. The topological polar surface area (TPSA) is 364 Å². The van der Waals surface area contributed by atoms with Crippen LogP contribution in [0.3, 0.4) is 0 Å². The number of aliphatic imine (C=N–C) groups is 1. The number of amides is 4. The van der Waals surface area contributed by atoms with E-state index >= 15 is 0 Å². The second-order valence-electron chi connectivity index (χ2n) is 24.8. The second-order valence-corrected chi connectivity index (χ2v) is 24.8. The van der Waals surface area contributed by atoms with Gasteiger partial charge in [-0.1, -0.05) is 32.9 Å². The first-order chi connectivity index (χ1) is 48.3. The number of aromatic nitrogens is 5. The first kappa shape index (κ1) is 79.5. The molecule has 1 unspecified atom stereocenters. The predicted octanol–water partition coefficient (Wildman–Crippen LogP) is 4.07. The van der Waals surface area contributed by atoms with E-state index in [1.807, 2.05) is 20.8 Å². The lowest BCUT2D eigenvalue weighted by Gasteiger charge is -2.35. The SMILES string of the molecule is CCC(C)=NCC(=O)COCC(=O)NCCOCCOCCOCCOCCOCCOCCOCCOCCn1cc(CNC(=O)C2CCC(CN3C(=O)CC(C)C3=O)CC2)nn1.CCc1c2c(nc3ccc(O)cc13)-c1cc3c(c(=O)n1C2)COC(=O)[C@@]3(CC)OC(=O)CCC(C)=O. The van der Waals surface area contributed by atoms with Gasteiger partial charge in [0.1, 0.15) is 37.0 Å². The third kappa shape index (κ3) is 24.2. The number of pyridine rings is 2. The first-order valence-corrected chi connectivity index (χ1v) is 34.6. The Hall–Kier alpha value is -7.81. The highest BCUT2D eigenvalue weighted by atomic mass is 16.6. The fourth-order valence-electron chi connectivity index (χ4n) is 11.7. The molecule has 1 saturated carbocycles. The number of hydrogen-bond donors (Lipinski definition) is 3. The summed E-state index contributed by atoms with van der Waals surface area (Å²) in [5.41, 5.74) is 3.71. The highest BCUT2D eigenvalue weighted by Crippen LogP contribution is 2.43. The number of benzene rings is 1. The van der Waals surface area contributed by atoms with Crippen molar-refractivity contribution < 1.29 is 95.6 Å². The number of fused-ring (bicyclic) bond motifs is 5. The van der Waals surface area contributed by atoms with Gasteiger partial charge in [-0.05, 0) is 94.5 Å². The molecule has 6 heterocycles.